The molecule has 0 radical (unpaired) electrons. The maximum atomic E-state index is 12.4. The summed E-state index contributed by atoms with van der Waals surface area (Å²) in [7, 11) is 0. The van der Waals surface area contributed by atoms with Crippen LogP contribution in [0.5, 0.6) is 0 Å². The smallest absolute Gasteiger partial charge is 0.285 e. The molecule has 0 aliphatic carbocycles. The van der Waals surface area contributed by atoms with Crippen molar-refractivity contribution in [1.82, 2.24) is 9.88 Å². The molecular weight excluding hydrogens is 334 g/mol. The zero-order valence-corrected chi connectivity index (χ0v) is 15.1. The van der Waals surface area contributed by atoms with Gasteiger partial charge in [-0.3, -0.25) is 24.3 Å². The van der Waals surface area contributed by atoms with Crippen LogP contribution in [0, 0.1) is 16.0 Å². The van der Waals surface area contributed by atoms with Gasteiger partial charge in [-0.1, -0.05) is 45.0 Å². The largest absolute Gasteiger partial charge is 0.347 e. The van der Waals surface area contributed by atoms with E-state index in [2.05, 4.69) is 12.2 Å². The van der Waals surface area contributed by atoms with E-state index in [4.69, 9.17) is 0 Å². The van der Waals surface area contributed by atoms with Gasteiger partial charge in [0.15, 0.2) is 0 Å². The molecule has 1 atom stereocenters. The summed E-state index contributed by atoms with van der Waals surface area (Å²) in [6.45, 7) is 5.81. The second-order valence-corrected chi connectivity index (χ2v) is 6.49. The Bertz CT molecular complexity index is 841. The number of carbonyl (C=O) groups is 1. The summed E-state index contributed by atoms with van der Waals surface area (Å²) < 4.78 is 1.05. The molecule has 0 saturated carbocycles. The molecular formula is C19H23N3O4. The van der Waals surface area contributed by atoms with Crippen molar-refractivity contribution in [3.63, 3.8) is 0 Å². The van der Waals surface area contributed by atoms with Crippen molar-refractivity contribution in [3.8, 4) is 0 Å². The number of amides is 1. The summed E-state index contributed by atoms with van der Waals surface area (Å²) in [5.74, 6) is -0.223. The Kier molecular flexibility index (Phi) is 6.27. The average Bonchev–Trinajstić information content (AvgIpc) is 2.61. The van der Waals surface area contributed by atoms with Crippen LogP contribution >= 0.6 is 0 Å². The van der Waals surface area contributed by atoms with Crippen LogP contribution in [0.2, 0.25) is 0 Å². The normalized spacial score (nSPS) is 12.0. The molecule has 0 fully saturated rings. The van der Waals surface area contributed by atoms with Crippen molar-refractivity contribution < 1.29 is 9.72 Å². The number of aromatic nitrogens is 1. The standard InChI is InChI=1S/C19H23N3O4/c1-4-14-5-7-15(8-6-14)19(13(2)3)20-17(23)12-21-11-16(22(25)26)9-10-18(21)24/h5-11,13,19H,4,12H2,1-3H3,(H,20,23)/t19-/m0/s1. The summed E-state index contributed by atoms with van der Waals surface area (Å²) in [6.07, 6.45) is 2.02. The van der Waals surface area contributed by atoms with Crippen LogP contribution in [0.15, 0.2) is 47.4 Å². The molecule has 1 aromatic heterocycles. The van der Waals surface area contributed by atoms with E-state index in [1.54, 1.807) is 0 Å². The van der Waals surface area contributed by atoms with Crippen molar-refractivity contribution in [1.29, 1.82) is 0 Å². The van der Waals surface area contributed by atoms with Gasteiger partial charge < -0.3 is 5.32 Å². The van der Waals surface area contributed by atoms with E-state index < -0.39 is 10.5 Å². The number of nitrogens with zero attached hydrogens (tertiary/aromatic N) is 2. The third kappa shape index (κ3) is 4.78. The highest BCUT2D eigenvalue weighted by Gasteiger charge is 2.19. The summed E-state index contributed by atoms with van der Waals surface area (Å²) in [5.41, 5.74) is 1.51. The van der Waals surface area contributed by atoms with Gasteiger partial charge >= 0.3 is 0 Å². The van der Waals surface area contributed by atoms with Crippen LogP contribution in [-0.4, -0.2) is 15.4 Å². The van der Waals surface area contributed by atoms with Crippen LogP contribution in [0.1, 0.15) is 37.9 Å². The van der Waals surface area contributed by atoms with E-state index in [1.165, 1.54) is 5.56 Å². The van der Waals surface area contributed by atoms with Gasteiger partial charge in [0.25, 0.3) is 11.2 Å². The van der Waals surface area contributed by atoms with Gasteiger partial charge in [-0.25, -0.2) is 0 Å². The Morgan fingerprint density at radius 2 is 1.85 bits per heavy atom. The number of carbonyl (C=O) groups excluding carboxylic acids is 1. The van der Waals surface area contributed by atoms with Crippen LogP contribution < -0.4 is 10.9 Å². The number of benzene rings is 1. The third-order valence-electron chi connectivity index (χ3n) is 4.22. The van der Waals surface area contributed by atoms with Crippen LogP contribution in [0.4, 0.5) is 5.69 Å². The highest BCUT2D eigenvalue weighted by Crippen LogP contribution is 2.22. The van der Waals surface area contributed by atoms with Gasteiger partial charge in [-0.2, -0.15) is 0 Å². The average molecular weight is 357 g/mol. The Morgan fingerprint density at radius 1 is 1.19 bits per heavy atom. The van der Waals surface area contributed by atoms with E-state index >= 15 is 0 Å². The number of aryl methyl sites for hydroxylation is 1. The molecule has 1 aromatic carbocycles. The van der Waals surface area contributed by atoms with Gasteiger partial charge in [-0.15, -0.1) is 0 Å². The Hall–Kier alpha value is -2.96. The molecule has 26 heavy (non-hydrogen) atoms. The molecule has 138 valence electrons. The zero-order valence-electron chi connectivity index (χ0n) is 15.1. The SMILES string of the molecule is CCc1ccc([C@@H](NC(=O)Cn2cc([N+](=O)[O-])ccc2=O)C(C)C)cc1. The minimum atomic E-state index is -0.597. The second kappa shape index (κ2) is 8.42. The summed E-state index contributed by atoms with van der Waals surface area (Å²) in [6, 6.07) is 10.1. The first-order valence-electron chi connectivity index (χ1n) is 8.55. The molecule has 1 heterocycles. The molecule has 1 amide bonds. The highest BCUT2D eigenvalue weighted by molar-refractivity contribution is 5.76. The Labute approximate surface area is 151 Å². The van der Waals surface area contributed by atoms with Crippen molar-refractivity contribution in [2.75, 3.05) is 0 Å². The lowest BCUT2D eigenvalue weighted by Gasteiger charge is -2.23. The van der Waals surface area contributed by atoms with Crippen molar-refractivity contribution in [2.24, 2.45) is 5.92 Å². The minimum absolute atomic E-state index is 0.147. The zero-order chi connectivity index (χ0) is 19.3. The molecule has 0 spiro atoms. The van der Waals surface area contributed by atoms with Crippen LogP contribution in [-0.2, 0) is 17.8 Å². The van der Waals surface area contributed by atoms with E-state index in [0.717, 1.165) is 34.9 Å². The first-order valence-corrected chi connectivity index (χ1v) is 8.55. The van der Waals surface area contributed by atoms with Gasteiger partial charge in [-0.05, 0) is 23.5 Å². The van der Waals surface area contributed by atoms with E-state index in [0.29, 0.717) is 0 Å². The fraction of sp³-hybridized carbons (Fsp3) is 0.368. The first kappa shape index (κ1) is 19.4. The maximum Gasteiger partial charge on any atom is 0.285 e. The number of hydrogen-bond donors (Lipinski definition) is 1. The maximum absolute atomic E-state index is 12.4. The second-order valence-electron chi connectivity index (χ2n) is 6.49. The lowest BCUT2D eigenvalue weighted by Crippen LogP contribution is -2.36. The van der Waals surface area contributed by atoms with E-state index in [1.807, 2.05) is 38.1 Å². The molecule has 0 unspecified atom stereocenters. The first-order chi connectivity index (χ1) is 12.3. The lowest BCUT2D eigenvalue weighted by molar-refractivity contribution is -0.385. The number of rotatable bonds is 7. The summed E-state index contributed by atoms with van der Waals surface area (Å²) >= 11 is 0. The minimum Gasteiger partial charge on any atom is -0.347 e. The lowest BCUT2D eigenvalue weighted by atomic mass is 9.95. The van der Waals surface area contributed by atoms with Crippen molar-refractivity contribution in [3.05, 3.63) is 74.2 Å². The monoisotopic (exact) mass is 357 g/mol. The molecule has 1 N–H and O–H groups in total. The van der Waals surface area contributed by atoms with E-state index in [-0.39, 0.29) is 30.1 Å². The molecule has 7 nitrogen and oxygen atoms in total. The molecule has 0 saturated heterocycles. The fourth-order valence-electron chi connectivity index (χ4n) is 2.72. The highest BCUT2D eigenvalue weighted by atomic mass is 16.6. The molecule has 2 rings (SSSR count). The fourth-order valence-corrected chi connectivity index (χ4v) is 2.72. The quantitative estimate of drug-likeness (QED) is 0.609. The van der Waals surface area contributed by atoms with Gasteiger partial charge in [0, 0.05) is 12.1 Å². The topological polar surface area (TPSA) is 94.2 Å². The Morgan fingerprint density at radius 3 is 2.38 bits per heavy atom. The molecule has 0 aliphatic heterocycles. The van der Waals surface area contributed by atoms with Gasteiger partial charge in [0.2, 0.25) is 5.91 Å². The van der Waals surface area contributed by atoms with Gasteiger partial charge in [0.1, 0.15) is 6.54 Å². The van der Waals surface area contributed by atoms with Crippen molar-refractivity contribution in [2.45, 2.75) is 39.8 Å². The van der Waals surface area contributed by atoms with Gasteiger partial charge in [0.05, 0.1) is 17.2 Å². The molecule has 2 aromatic rings. The van der Waals surface area contributed by atoms with Crippen LogP contribution in [0.3, 0.4) is 0 Å². The number of nitro groups is 1. The number of hydrogen-bond acceptors (Lipinski definition) is 4. The third-order valence-corrected chi connectivity index (χ3v) is 4.22. The molecule has 7 heteroatoms. The Balaban J connectivity index is 2.16. The number of pyridine rings is 1. The van der Waals surface area contributed by atoms with Crippen LogP contribution in [0.25, 0.3) is 0 Å². The predicted octanol–water partition coefficient (Wildman–Crippen LogP) is 2.83. The van der Waals surface area contributed by atoms with E-state index in [9.17, 15) is 19.7 Å². The summed E-state index contributed by atoms with van der Waals surface area (Å²) in [5, 5.41) is 13.8. The number of nitrogens with one attached hydrogen (secondary N) is 1. The van der Waals surface area contributed by atoms with Crippen molar-refractivity contribution >= 4 is 11.6 Å². The predicted molar refractivity (Wildman–Crippen MR) is 98.9 cm³/mol. The summed E-state index contributed by atoms with van der Waals surface area (Å²) in [4.78, 5) is 34.5. The molecule has 0 bridgehead atoms. The molecule has 0 aliphatic rings.